The molecule has 1 aromatic rings. The van der Waals surface area contributed by atoms with Crippen LogP contribution in [0.5, 0.6) is 0 Å². The van der Waals surface area contributed by atoms with Gasteiger partial charge in [-0.1, -0.05) is 0 Å². The zero-order valence-corrected chi connectivity index (χ0v) is 10.1. The molecule has 0 fully saturated rings. The number of carbonyl (C=O) groups excluding carboxylic acids is 1. The number of hydrogen-bond donors (Lipinski definition) is 1. The van der Waals surface area contributed by atoms with Crippen molar-refractivity contribution in [2.75, 3.05) is 5.32 Å². The van der Waals surface area contributed by atoms with Gasteiger partial charge in [0.2, 0.25) is 0 Å². The Kier molecular flexibility index (Phi) is 4.29. The molecule has 0 aliphatic heterocycles. The van der Waals surface area contributed by atoms with Crippen molar-refractivity contribution in [1.82, 2.24) is 0 Å². The van der Waals surface area contributed by atoms with Gasteiger partial charge in [0.25, 0.3) is 0 Å². The molecule has 3 nitrogen and oxygen atoms in total. The second-order valence-electron chi connectivity index (χ2n) is 3.18. The summed E-state index contributed by atoms with van der Waals surface area (Å²) in [6, 6.07) is 5.45. The second kappa shape index (κ2) is 5.35. The van der Waals surface area contributed by atoms with Crippen LogP contribution in [0.15, 0.2) is 22.7 Å². The van der Waals surface area contributed by atoms with Crippen molar-refractivity contribution in [2.24, 2.45) is 0 Å². The summed E-state index contributed by atoms with van der Waals surface area (Å²) in [7, 11) is 0. The van der Waals surface area contributed by atoms with E-state index in [1.54, 1.807) is 11.4 Å². The number of carbonyl (C=O) groups is 1. The molecule has 0 bridgehead atoms. The quantitative estimate of drug-likeness (QED) is 0.868. The SMILES string of the molecule is N#Cc1ccc(NC(=O)C(F)(F)C(F)F)c(Br)c1. The van der Waals surface area contributed by atoms with Crippen LogP contribution in [0.1, 0.15) is 5.56 Å². The number of halogens is 5. The lowest BCUT2D eigenvalue weighted by Gasteiger charge is -2.15. The van der Waals surface area contributed by atoms with Crippen molar-refractivity contribution in [3.63, 3.8) is 0 Å². The Hall–Kier alpha value is -1.62. The first kappa shape index (κ1) is 14.4. The molecule has 0 saturated heterocycles. The number of alkyl halides is 4. The number of anilines is 1. The summed E-state index contributed by atoms with van der Waals surface area (Å²) < 4.78 is 49.3. The largest absolute Gasteiger partial charge is 0.383 e. The van der Waals surface area contributed by atoms with E-state index in [0.717, 1.165) is 6.07 Å². The number of benzene rings is 1. The Morgan fingerprint density at radius 3 is 2.50 bits per heavy atom. The number of nitrogens with zero attached hydrogens (tertiary/aromatic N) is 1. The predicted molar refractivity (Wildman–Crippen MR) is 58.4 cm³/mol. The second-order valence-corrected chi connectivity index (χ2v) is 4.04. The van der Waals surface area contributed by atoms with Crippen molar-refractivity contribution in [3.05, 3.63) is 28.2 Å². The lowest BCUT2D eigenvalue weighted by Crippen LogP contribution is -2.41. The minimum atomic E-state index is -4.77. The normalized spacial score (nSPS) is 11.2. The number of amides is 1. The van der Waals surface area contributed by atoms with Gasteiger partial charge >= 0.3 is 18.3 Å². The van der Waals surface area contributed by atoms with Crippen molar-refractivity contribution in [1.29, 1.82) is 5.26 Å². The van der Waals surface area contributed by atoms with Gasteiger partial charge in [-0.3, -0.25) is 4.79 Å². The van der Waals surface area contributed by atoms with Gasteiger partial charge < -0.3 is 5.32 Å². The summed E-state index contributed by atoms with van der Waals surface area (Å²) in [6.45, 7) is 0. The van der Waals surface area contributed by atoms with E-state index in [2.05, 4.69) is 15.9 Å². The van der Waals surface area contributed by atoms with E-state index in [1.807, 2.05) is 0 Å². The molecule has 0 aliphatic carbocycles. The van der Waals surface area contributed by atoms with E-state index in [9.17, 15) is 22.4 Å². The third-order valence-corrected chi connectivity index (χ3v) is 2.58. The fourth-order valence-corrected chi connectivity index (χ4v) is 1.47. The third-order valence-electron chi connectivity index (χ3n) is 1.92. The van der Waals surface area contributed by atoms with Crippen LogP contribution in [-0.2, 0) is 4.79 Å². The number of rotatable bonds is 3. The summed E-state index contributed by atoms with van der Waals surface area (Å²) >= 11 is 2.92. The van der Waals surface area contributed by atoms with Crippen LogP contribution in [-0.4, -0.2) is 18.3 Å². The van der Waals surface area contributed by atoms with Gasteiger partial charge in [-0.25, -0.2) is 8.78 Å². The molecular formula is C10H5BrF4N2O. The Morgan fingerprint density at radius 2 is 2.06 bits per heavy atom. The highest BCUT2D eigenvalue weighted by Gasteiger charge is 2.49. The maximum absolute atomic E-state index is 12.7. The van der Waals surface area contributed by atoms with Crippen molar-refractivity contribution in [3.8, 4) is 6.07 Å². The van der Waals surface area contributed by atoms with Crippen LogP contribution in [0.2, 0.25) is 0 Å². The highest BCUT2D eigenvalue weighted by Crippen LogP contribution is 2.28. The minimum Gasteiger partial charge on any atom is -0.320 e. The molecular weight excluding hydrogens is 320 g/mol. The van der Waals surface area contributed by atoms with Gasteiger partial charge in [-0.15, -0.1) is 0 Å². The Labute approximate surface area is 108 Å². The lowest BCUT2D eigenvalue weighted by atomic mass is 10.2. The summed E-state index contributed by atoms with van der Waals surface area (Å²) in [5, 5.41) is 10.2. The van der Waals surface area contributed by atoms with Crippen molar-refractivity contribution >= 4 is 27.5 Å². The zero-order valence-electron chi connectivity index (χ0n) is 8.55. The number of nitrogens with one attached hydrogen (secondary N) is 1. The third kappa shape index (κ3) is 2.98. The molecule has 1 N–H and O–H groups in total. The molecule has 0 saturated carbocycles. The molecule has 0 aromatic heterocycles. The van der Waals surface area contributed by atoms with E-state index in [4.69, 9.17) is 5.26 Å². The molecule has 0 heterocycles. The van der Waals surface area contributed by atoms with E-state index in [1.165, 1.54) is 12.1 Å². The lowest BCUT2D eigenvalue weighted by molar-refractivity contribution is -0.163. The Balaban J connectivity index is 2.93. The number of nitriles is 1. The molecule has 8 heteroatoms. The van der Waals surface area contributed by atoms with Crippen LogP contribution in [0.4, 0.5) is 23.2 Å². The van der Waals surface area contributed by atoms with E-state index in [0.29, 0.717) is 0 Å². The molecule has 18 heavy (non-hydrogen) atoms. The summed E-state index contributed by atoms with van der Waals surface area (Å²) in [5.41, 5.74) is 0.0971. The highest BCUT2D eigenvalue weighted by molar-refractivity contribution is 9.10. The van der Waals surface area contributed by atoms with Crippen LogP contribution in [0, 0.1) is 11.3 Å². The van der Waals surface area contributed by atoms with Crippen molar-refractivity contribution < 1.29 is 22.4 Å². The molecule has 0 spiro atoms. The highest BCUT2D eigenvalue weighted by atomic mass is 79.9. The average Bonchev–Trinajstić information content (AvgIpc) is 2.31. The van der Waals surface area contributed by atoms with Gasteiger partial charge in [0.15, 0.2) is 0 Å². The fourth-order valence-electron chi connectivity index (χ4n) is 0.991. The molecule has 0 radical (unpaired) electrons. The smallest absolute Gasteiger partial charge is 0.320 e. The summed E-state index contributed by atoms with van der Waals surface area (Å²) in [6.07, 6.45) is -4.09. The van der Waals surface area contributed by atoms with Gasteiger partial charge in [0.05, 0.1) is 17.3 Å². The molecule has 1 rings (SSSR count). The monoisotopic (exact) mass is 324 g/mol. The van der Waals surface area contributed by atoms with Gasteiger partial charge in [0.1, 0.15) is 0 Å². The van der Waals surface area contributed by atoms with E-state index < -0.39 is 18.3 Å². The zero-order chi connectivity index (χ0) is 13.9. The Bertz CT molecular complexity index is 513. The molecule has 0 aliphatic rings. The van der Waals surface area contributed by atoms with Crippen LogP contribution < -0.4 is 5.32 Å². The predicted octanol–water partition coefficient (Wildman–Crippen LogP) is 3.16. The topological polar surface area (TPSA) is 52.9 Å². The molecule has 1 aromatic carbocycles. The van der Waals surface area contributed by atoms with Crippen LogP contribution >= 0.6 is 15.9 Å². The fraction of sp³-hybridized carbons (Fsp3) is 0.200. The summed E-state index contributed by atoms with van der Waals surface area (Å²) in [5.74, 6) is -6.88. The van der Waals surface area contributed by atoms with E-state index >= 15 is 0 Å². The van der Waals surface area contributed by atoms with Gasteiger partial charge in [0, 0.05) is 4.47 Å². The van der Waals surface area contributed by atoms with Crippen LogP contribution in [0.25, 0.3) is 0 Å². The van der Waals surface area contributed by atoms with Gasteiger partial charge in [-0.05, 0) is 34.1 Å². The molecule has 96 valence electrons. The van der Waals surface area contributed by atoms with E-state index in [-0.39, 0.29) is 15.7 Å². The first-order chi connectivity index (χ1) is 8.28. The minimum absolute atomic E-state index is 0.126. The average molecular weight is 325 g/mol. The maximum atomic E-state index is 12.7. The maximum Gasteiger partial charge on any atom is 0.383 e. The molecule has 0 atom stereocenters. The van der Waals surface area contributed by atoms with Gasteiger partial charge in [-0.2, -0.15) is 14.0 Å². The van der Waals surface area contributed by atoms with Crippen LogP contribution in [0.3, 0.4) is 0 Å². The summed E-state index contributed by atoms with van der Waals surface area (Å²) in [4.78, 5) is 11.0. The first-order valence-electron chi connectivity index (χ1n) is 4.46. The Morgan fingerprint density at radius 1 is 1.44 bits per heavy atom. The molecule has 0 unspecified atom stereocenters. The standard InChI is InChI=1S/C10H5BrF4N2O/c11-6-3-5(4-16)1-2-7(6)17-9(18)10(14,15)8(12)13/h1-3,8H,(H,17,18). The molecule has 1 amide bonds. The first-order valence-corrected chi connectivity index (χ1v) is 5.25. The number of hydrogen-bond acceptors (Lipinski definition) is 2. The van der Waals surface area contributed by atoms with Crippen molar-refractivity contribution in [2.45, 2.75) is 12.3 Å².